The van der Waals surface area contributed by atoms with E-state index in [0.29, 0.717) is 5.69 Å². The van der Waals surface area contributed by atoms with Crippen LogP contribution in [0.1, 0.15) is 31.1 Å². The van der Waals surface area contributed by atoms with Crippen LogP contribution in [-0.4, -0.2) is 31.1 Å². The Labute approximate surface area is 162 Å². The van der Waals surface area contributed by atoms with Crippen molar-refractivity contribution >= 4 is 45.0 Å². The van der Waals surface area contributed by atoms with Crippen molar-refractivity contribution in [2.24, 2.45) is 0 Å². The van der Waals surface area contributed by atoms with E-state index in [4.69, 9.17) is 11.6 Å². The fourth-order valence-corrected chi connectivity index (χ4v) is 4.39. The smallest absolute Gasteiger partial charge is 0.255 e. The first kappa shape index (κ1) is 20.7. The highest BCUT2D eigenvalue weighted by Gasteiger charge is 2.25. The quantitative estimate of drug-likeness (QED) is 0.728. The molecule has 6 nitrogen and oxygen atoms in total. The van der Waals surface area contributed by atoms with Gasteiger partial charge in [-0.2, -0.15) is 0 Å². The maximum atomic E-state index is 12.5. The van der Waals surface area contributed by atoms with Crippen molar-refractivity contribution in [3.05, 3.63) is 47.1 Å². The Bertz CT molecular complexity index is 908. The first-order valence-corrected chi connectivity index (χ1v) is 10.8. The summed E-state index contributed by atoms with van der Waals surface area (Å²) in [5.74, 6) is -0.451. The SMILES string of the molecule is CSc1ccc(NC(=O)c2ccc(Cl)c(S(=O)(=O)NC(C)(C)C)c2)cn1. The second-order valence-corrected chi connectivity index (χ2v) is 9.43. The molecule has 0 spiro atoms. The number of pyridine rings is 1. The van der Waals surface area contributed by atoms with Crippen molar-refractivity contribution in [3.8, 4) is 0 Å². The van der Waals surface area contributed by atoms with Gasteiger partial charge < -0.3 is 5.32 Å². The summed E-state index contributed by atoms with van der Waals surface area (Å²) in [7, 11) is -3.86. The van der Waals surface area contributed by atoms with Gasteiger partial charge in [-0.05, 0) is 57.4 Å². The number of thioether (sulfide) groups is 1. The van der Waals surface area contributed by atoms with Crippen LogP contribution in [0.4, 0.5) is 5.69 Å². The van der Waals surface area contributed by atoms with E-state index in [2.05, 4.69) is 15.0 Å². The summed E-state index contributed by atoms with van der Waals surface area (Å²) in [5, 5.41) is 3.56. The van der Waals surface area contributed by atoms with Crippen molar-refractivity contribution in [1.82, 2.24) is 9.71 Å². The zero-order valence-electron chi connectivity index (χ0n) is 14.8. The molecule has 0 fully saturated rings. The van der Waals surface area contributed by atoms with Gasteiger partial charge in [0, 0.05) is 11.1 Å². The van der Waals surface area contributed by atoms with Crippen molar-refractivity contribution in [1.29, 1.82) is 0 Å². The Morgan fingerprint density at radius 3 is 2.42 bits per heavy atom. The number of carbonyl (C=O) groups is 1. The molecule has 0 unspecified atom stereocenters. The van der Waals surface area contributed by atoms with Crippen molar-refractivity contribution in [2.75, 3.05) is 11.6 Å². The topological polar surface area (TPSA) is 88.2 Å². The van der Waals surface area contributed by atoms with Crippen LogP contribution in [0.3, 0.4) is 0 Å². The van der Waals surface area contributed by atoms with E-state index in [1.807, 2.05) is 6.26 Å². The number of anilines is 1. The molecule has 0 aliphatic carbocycles. The van der Waals surface area contributed by atoms with E-state index in [1.165, 1.54) is 30.0 Å². The van der Waals surface area contributed by atoms with Crippen LogP contribution in [0.15, 0.2) is 46.5 Å². The van der Waals surface area contributed by atoms with Gasteiger partial charge in [0.15, 0.2) is 0 Å². The highest BCUT2D eigenvalue weighted by atomic mass is 35.5. The number of amides is 1. The van der Waals surface area contributed by atoms with Crippen LogP contribution in [0.5, 0.6) is 0 Å². The highest BCUT2D eigenvalue weighted by molar-refractivity contribution is 7.98. The third kappa shape index (κ3) is 5.44. The van der Waals surface area contributed by atoms with Crippen molar-refractivity contribution in [3.63, 3.8) is 0 Å². The molecule has 2 rings (SSSR count). The van der Waals surface area contributed by atoms with Crippen LogP contribution in [0.2, 0.25) is 5.02 Å². The third-order valence-corrected chi connectivity index (χ3v) is 6.03. The molecule has 140 valence electrons. The molecule has 0 saturated heterocycles. The number of hydrogen-bond acceptors (Lipinski definition) is 5. The lowest BCUT2D eigenvalue weighted by molar-refractivity contribution is 0.102. The highest BCUT2D eigenvalue weighted by Crippen LogP contribution is 2.24. The molecule has 0 radical (unpaired) electrons. The number of nitrogens with one attached hydrogen (secondary N) is 2. The third-order valence-electron chi connectivity index (χ3n) is 3.13. The normalized spacial score (nSPS) is 12.0. The molecule has 0 aliphatic rings. The van der Waals surface area contributed by atoms with E-state index in [-0.39, 0.29) is 15.5 Å². The van der Waals surface area contributed by atoms with Crippen LogP contribution in [0, 0.1) is 0 Å². The molecule has 2 N–H and O–H groups in total. The largest absolute Gasteiger partial charge is 0.321 e. The Kier molecular flexibility index (Phi) is 6.33. The average molecular weight is 414 g/mol. The fourth-order valence-electron chi connectivity index (χ4n) is 2.09. The van der Waals surface area contributed by atoms with Gasteiger partial charge in [-0.15, -0.1) is 11.8 Å². The Morgan fingerprint density at radius 1 is 1.19 bits per heavy atom. The molecule has 9 heteroatoms. The maximum absolute atomic E-state index is 12.5. The molecule has 26 heavy (non-hydrogen) atoms. The van der Waals surface area contributed by atoms with Crippen molar-refractivity contribution in [2.45, 2.75) is 36.2 Å². The van der Waals surface area contributed by atoms with E-state index >= 15 is 0 Å². The first-order chi connectivity index (χ1) is 12.0. The van der Waals surface area contributed by atoms with Crippen LogP contribution < -0.4 is 10.0 Å². The minimum Gasteiger partial charge on any atom is -0.321 e. The summed E-state index contributed by atoms with van der Waals surface area (Å²) in [4.78, 5) is 16.5. The summed E-state index contributed by atoms with van der Waals surface area (Å²) in [6, 6.07) is 7.63. The lowest BCUT2D eigenvalue weighted by Gasteiger charge is -2.21. The molecule has 2 aromatic rings. The van der Waals surface area contributed by atoms with Gasteiger partial charge >= 0.3 is 0 Å². The van der Waals surface area contributed by atoms with Gasteiger partial charge in [-0.1, -0.05) is 11.6 Å². The lowest BCUT2D eigenvalue weighted by atomic mass is 10.1. The molecule has 1 aromatic carbocycles. The lowest BCUT2D eigenvalue weighted by Crippen LogP contribution is -2.40. The number of benzene rings is 1. The second-order valence-electron chi connectivity index (χ2n) is 6.54. The molecule has 1 aromatic heterocycles. The van der Waals surface area contributed by atoms with E-state index in [0.717, 1.165) is 5.03 Å². The summed E-state index contributed by atoms with van der Waals surface area (Å²) < 4.78 is 27.6. The Balaban J connectivity index is 2.29. The summed E-state index contributed by atoms with van der Waals surface area (Å²) in [5.41, 5.74) is 0.0168. The van der Waals surface area contributed by atoms with Gasteiger partial charge in [0.05, 0.1) is 21.9 Å². The second kappa shape index (κ2) is 7.96. The number of rotatable bonds is 5. The molecule has 0 bridgehead atoms. The molecule has 1 amide bonds. The number of nitrogens with zero attached hydrogens (tertiary/aromatic N) is 1. The summed E-state index contributed by atoms with van der Waals surface area (Å²) in [6.07, 6.45) is 3.44. The van der Waals surface area contributed by atoms with Crippen molar-refractivity contribution < 1.29 is 13.2 Å². The van der Waals surface area contributed by atoms with E-state index in [1.54, 1.807) is 39.1 Å². The predicted molar refractivity (Wildman–Crippen MR) is 105 cm³/mol. The number of aromatic nitrogens is 1. The summed E-state index contributed by atoms with van der Waals surface area (Å²) in [6.45, 7) is 5.17. The molecule has 0 atom stereocenters. The number of halogens is 1. The zero-order valence-corrected chi connectivity index (χ0v) is 17.2. The standard InChI is InChI=1S/C17H20ClN3O3S2/c1-17(2,3)21-26(23,24)14-9-11(5-7-13(14)18)16(22)20-12-6-8-15(25-4)19-10-12/h5-10,21H,1-4H3,(H,20,22). The number of hydrogen-bond donors (Lipinski definition) is 2. The Hall–Kier alpha value is -1.61. The van der Waals surface area contributed by atoms with E-state index < -0.39 is 21.5 Å². The van der Waals surface area contributed by atoms with Gasteiger partial charge in [0.1, 0.15) is 4.90 Å². The van der Waals surface area contributed by atoms with Crippen LogP contribution in [0.25, 0.3) is 0 Å². The minimum atomic E-state index is -3.86. The van der Waals surface area contributed by atoms with Crippen LogP contribution >= 0.6 is 23.4 Å². The van der Waals surface area contributed by atoms with Gasteiger partial charge in [0.2, 0.25) is 10.0 Å². The monoisotopic (exact) mass is 413 g/mol. The Morgan fingerprint density at radius 2 is 1.88 bits per heavy atom. The number of carbonyl (C=O) groups excluding carboxylic acids is 1. The van der Waals surface area contributed by atoms with Gasteiger partial charge in [-0.3, -0.25) is 4.79 Å². The molecule has 0 aliphatic heterocycles. The van der Waals surface area contributed by atoms with Gasteiger partial charge in [0.25, 0.3) is 5.91 Å². The van der Waals surface area contributed by atoms with Gasteiger partial charge in [-0.25, -0.2) is 18.1 Å². The molecular weight excluding hydrogens is 394 g/mol. The molecular formula is C17H20ClN3O3S2. The summed E-state index contributed by atoms with van der Waals surface area (Å²) >= 11 is 7.54. The predicted octanol–water partition coefficient (Wildman–Crippen LogP) is 3.79. The first-order valence-electron chi connectivity index (χ1n) is 7.67. The zero-order chi connectivity index (χ0) is 19.5. The van der Waals surface area contributed by atoms with E-state index in [9.17, 15) is 13.2 Å². The maximum Gasteiger partial charge on any atom is 0.255 e. The molecule has 0 saturated carbocycles. The fraction of sp³-hybridized carbons (Fsp3) is 0.294. The minimum absolute atomic E-state index is 0.0456. The molecule has 1 heterocycles. The van der Waals surface area contributed by atoms with Crippen LogP contribution in [-0.2, 0) is 10.0 Å². The number of sulfonamides is 1. The average Bonchev–Trinajstić information content (AvgIpc) is 2.53.